The van der Waals surface area contributed by atoms with E-state index in [0.717, 1.165) is 22.6 Å². The highest BCUT2D eigenvalue weighted by atomic mass is 16.5. The summed E-state index contributed by atoms with van der Waals surface area (Å²) < 4.78 is 11.2. The van der Waals surface area contributed by atoms with Gasteiger partial charge in [0.05, 0.1) is 6.61 Å². The van der Waals surface area contributed by atoms with E-state index in [2.05, 4.69) is 31.3 Å². The van der Waals surface area contributed by atoms with E-state index >= 15 is 0 Å². The van der Waals surface area contributed by atoms with Gasteiger partial charge in [-0.05, 0) is 49.1 Å². The van der Waals surface area contributed by atoms with Crippen molar-refractivity contribution in [1.82, 2.24) is 0 Å². The average Bonchev–Trinajstić information content (AvgIpc) is 2.53. The van der Waals surface area contributed by atoms with Gasteiger partial charge in [0, 0.05) is 11.8 Å². The summed E-state index contributed by atoms with van der Waals surface area (Å²) in [6.07, 6.45) is 0. The number of carbonyl (C=O) groups excluding carboxylic acids is 1. The summed E-state index contributed by atoms with van der Waals surface area (Å²) in [7, 11) is 0. The number of amides is 1. The lowest BCUT2D eigenvalue weighted by Crippen LogP contribution is -2.20. The lowest BCUT2D eigenvalue weighted by molar-refractivity contribution is -0.118. The highest BCUT2D eigenvalue weighted by Crippen LogP contribution is 2.27. The summed E-state index contributed by atoms with van der Waals surface area (Å²) in [5.74, 6) is 1.65. The highest BCUT2D eigenvalue weighted by Gasteiger charge is 2.10. The smallest absolute Gasteiger partial charge is 0.262 e. The van der Waals surface area contributed by atoms with Crippen LogP contribution in [0.15, 0.2) is 42.5 Å². The first-order chi connectivity index (χ1) is 11.5. The molecule has 4 nitrogen and oxygen atoms in total. The minimum atomic E-state index is -0.195. The number of hydrogen-bond donors (Lipinski definition) is 1. The molecule has 0 atom stereocenters. The van der Waals surface area contributed by atoms with Crippen molar-refractivity contribution in [2.24, 2.45) is 0 Å². The van der Waals surface area contributed by atoms with Crippen LogP contribution in [0.4, 0.5) is 5.69 Å². The molecule has 24 heavy (non-hydrogen) atoms. The fourth-order valence-corrected chi connectivity index (χ4v) is 2.41. The molecule has 0 aliphatic rings. The van der Waals surface area contributed by atoms with Crippen molar-refractivity contribution in [3.63, 3.8) is 0 Å². The summed E-state index contributed by atoms with van der Waals surface area (Å²) >= 11 is 0. The molecule has 4 heteroatoms. The molecule has 1 amide bonds. The zero-order valence-corrected chi connectivity index (χ0v) is 14.8. The molecule has 0 radical (unpaired) electrons. The third-order valence-corrected chi connectivity index (χ3v) is 3.58. The molecule has 0 fully saturated rings. The summed E-state index contributed by atoms with van der Waals surface area (Å²) in [5, 5.41) is 2.83. The van der Waals surface area contributed by atoms with Gasteiger partial charge in [0.25, 0.3) is 5.91 Å². The van der Waals surface area contributed by atoms with Crippen LogP contribution in [0.2, 0.25) is 0 Å². The SMILES string of the molecule is CCOc1cccc(NC(=O)COc2cc(C)ccc2C(C)C)c1. The fraction of sp³-hybridized carbons (Fsp3) is 0.350. The molecule has 0 spiro atoms. The Kier molecular flexibility index (Phi) is 6.24. The van der Waals surface area contributed by atoms with Crippen LogP contribution in [-0.4, -0.2) is 19.1 Å². The Morgan fingerprint density at radius 2 is 1.92 bits per heavy atom. The van der Waals surface area contributed by atoms with Crippen molar-refractivity contribution in [2.75, 3.05) is 18.5 Å². The average molecular weight is 327 g/mol. The number of benzene rings is 2. The molecule has 0 heterocycles. The van der Waals surface area contributed by atoms with Gasteiger partial charge < -0.3 is 14.8 Å². The maximum Gasteiger partial charge on any atom is 0.262 e. The molecule has 2 aromatic rings. The second-order valence-electron chi connectivity index (χ2n) is 5.99. The van der Waals surface area contributed by atoms with E-state index in [9.17, 15) is 4.79 Å². The van der Waals surface area contributed by atoms with Crippen LogP contribution in [0.5, 0.6) is 11.5 Å². The van der Waals surface area contributed by atoms with Gasteiger partial charge in [-0.3, -0.25) is 4.79 Å². The Morgan fingerprint density at radius 3 is 2.62 bits per heavy atom. The van der Waals surface area contributed by atoms with Crippen molar-refractivity contribution < 1.29 is 14.3 Å². The normalized spacial score (nSPS) is 10.5. The Bertz CT molecular complexity index is 695. The molecule has 0 bridgehead atoms. The van der Waals surface area contributed by atoms with Gasteiger partial charge in [-0.1, -0.05) is 32.0 Å². The van der Waals surface area contributed by atoms with Gasteiger partial charge in [-0.2, -0.15) is 0 Å². The molecular weight excluding hydrogens is 302 g/mol. The van der Waals surface area contributed by atoms with Crippen molar-refractivity contribution in [3.8, 4) is 11.5 Å². The van der Waals surface area contributed by atoms with Crippen LogP contribution in [0.3, 0.4) is 0 Å². The molecule has 0 unspecified atom stereocenters. The lowest BCUT2D eigenvalue weighted by Gasteiger charge is -2.15. The van der Waals surface area contributed by atoms with E-state index in [0.29, 0.717) is 18.2 Å². The molecule has 0 saturated carbocycles. The van der Waals surface area contributed by atoms with Gasteiger partial charge >= 0.3 is 0 Å². The van der Waals surface area contributed by atoms with E-state index in [-0.39, 0.29) is 12.5 Å². The first-order valence-corrected chi connectivity index (χ1v) is 8.25. The number of carbonyl (C=O) groups is 1. The monoisotopic (exact) mass is 327 g/mol. The lowest BCUT2D eigenvalue weighted by atomic mass is 10.0. The van der Waals surface area contributed by atoms with Gasteiger partial charge in [0.1, 0.15) is 11.5 Å². The van der Waals surface area contributed by atoms with Crippen LogP contribution >= 0.6 is 0 Å². The molecular formula is C20H25NO3. The Morgan fingerprint density at radius 1 is 1.12 bits per heavy atom. The molecule has 0 saturated heterocycles. The zero-order chi connectivity index (χ0) is 17.5. The quantitative estimate of drug-likeness (QED) is 0.812. The highest BCUT2D eigenvalue weighted by molar-refractivity contribution is 5.92. The maximum absolute atomic E-state index is 12.1. The van der Waals surface area contributed by atoms with E-state index < -0.39 is 0 Å². The van der Waals surface area contributed by atoms with Gasteiger partial charge in [0.2, 0.25) is 0 Å². The van der Waals surface area contributed by atoms with E-state index in [1.165, 1.54) is 0 Å². The molecule has 0 aromatic heterocycles. The molecule has 0 aliphatic carbocycles. The van der Waals surface area contributed by atoms with Crippen molar-refractivity contribution in [3.05, 3.63) is 53.6 Å². The topological polar surface area (TPSA) is 47.6 Å². The number of aryl methyl sites for hydroxylation is 1. The summed E-state index contributed by atoms with van der Waals surface area (Å²) in [5.41, 5.74) is 2.91. The zero-order valence-electron chi connectivity index (χ0n) is 14.8. The van der Waals surface area contributed by atoms with Crippen LogP contribution < -0.4 is 14.8 Å². The number of rotatable bonds is 7. The van der Waals surface area contributed by atoms with Crippen LogP contribution in [0.1, 0.15) is 37.8 Å². The van der Waals surface area contributed by atoms with Gasteiger partial charge in [0.15, 0.2) is 6.61 Å². The standard InChI is InChI=1S/C20H25NO3/c1-5-23-17-8-6-7-16(12-17)21-20(22)13-24-19-11-15(4)9-10-18(19)14(2)3/h6-12,14H,5,13H2,1-4H3,(H,21,22). The predicted molar refractivity (Wildman–Crippen MR) is 97.0 cm³/mol. The van der Waals surface area contributed by atoms with E-state index in [4.69, 9.17) is 9.47 Å². The van der Waals surface area contributed by atoms with Crippen LogP contribution in [0, 0.1) is 6.92 Å². The van der Waals surface area contributed by atoms with Gasteiger partial charge in [-0.15, -0.1) is 0 Å². The summed E-state index contributed by atoms with van der Waals surface area (Å²) in [6.45, 7) is 8.71. The second-order valence-corrected chi connectivity index (χ2v) is 5.99. The van der Waals surface area contributed by atoms with Crippen LogP contribution in [-0.2, 0) is 4.79 Å². The van der Waals surface area contributed by atoms with E-state index in [1.807, 2.05) is 38.1 Å². The van der Waals surface area contributed by atoms with Crippen LogP contribution in [0.25, 0.3) is 0 Å². The number of nitrogens with one attached hydrogen (secondary N) is 1. The van der Waals surface area contributed by atoms with Crippen molar-refractivity contribution in [2.45, 2.75) is 33.6 Å². The van der Waals surface area contributed by atoms with Crippen molar-refractivity contribution in [1.29, 1.82) is 0 Å². The third-order valence-electron chi connectivity index (χ3n) is 3.58. The molecule has 128 valence electrons. The largest absolute Gasteiger partial charge is 0.494 e. The minimum Gasteiger partial charge on any atom is -0.494 e. The first-order valence-electron chi connectivity index (χ1n) is 8.25. The van der Waals surface area contributed by atoms with Crippen molar-refractivity contribution >= 4 is 11.6 Å². The molecule has 0 aliphatic heterocycles. The third kappa shape index (κ3) is 5.01. The molecule has 2 aromatic carbocycles. The predicted octanol–water partition coefficient (Wildman–Crippen LogP) is 4.53. The second kappa shape index (κ2) is 8.39. The van der Waals surface area contributed by atoms with E-state index in [1.54, 1.807) is 6.07 Å². The Labute approximate surface area is 143 Å². The summed E-state index contributed by atoms with van der Waals surface area (Å²) in [6, 6.07) is 13.4. The minimum absolute atomic E-state index is 0.0258. The molecule has 1 N–H and O–H groups in total. The summed E-state index contributed by atoms with van der Waals surface area (Å²) in [4.78, 5) is 12.1. The molecule has 2 rings (SSSR count). The maximum atomic E-state index is 12.1. The first kappa shape index (κ1) is 17.9. The Hall–Kier alpha value is -2.49. The fourth-order valence-electron chi connectivity index (χ4n) is 2.41. The number of hydrogen-bond acceptors (Lipinski definition) is 3. The number of ether oxygens (including phenoxy) is 2. The Balaban J connectivity index is 1.99. The number of anilines is 1. The van der Waals surface area contributed by atoms with Gasteiger partial charge in [-0.25, -0.2) is 0 Å².